The van der Waals surface area contributed by atoms with Gasteiger partial charge in [-0.2, -0.15) is 0 Å². The van der Waals surface area contributed by atoms with Crippen LogP contribution in [0.5, 0.6) is 0 Å². The Kier molecular flexibility index (Phi) is 5.07. The fourth-order valence-electron chi connectivity index (χ4n) is 3.06. The van der Waals surface area contributed by atoms with E-state index in [0.29, 0.717) is 12.0 Å². The number of esters is 2. The normalized spacial score (nSPS) is 19.0. The van der Waals surface area contributed by atoms with Crippen LogP contribution in [-0.4, -0.2) is 34.1 Å². The van der Waals surface area contributed by atoms with Crippen molar-refractivity contribution in [3.8, 4) is 0 Å². The maximum absolute atomic E-state index is 12.7. The molecule has 0 radical (unpaired) electrons. The van der Waals surface area contributed by atoms with E-state index in [4.69, 9.17) is 9.47 Å². The van der Waals surface area contributed by atoms with Crippen molar-refractivity contribution in [2.45, 2.75) is 49.3 Å². The number of fused-ring (bicyclic) bond motifs is 1. The van der Waals surface area contributed by atoms with Crippen LogP contribution in [0.1, 0.15) is 34.1 Å². The van der Waals surface area contributed by atoms with Crippen LogP contribution in [0, 0.1) is 13.8 Å². The van der Waals surface area contributed by atoms with Crippen molar-refractivity contribution < 1.29 is 19.1 Å². The van der Waals surface area contributed by atoms with Crippen LogP contribution in [-0.2, 0) is 14.3 Å². The number of carbonyl (C=O) groups is 2. The highest BCUT2D eigenvalue weighted by Crippen LogP contribution is 2.38. The molecule has 0 aliphatic carbocycles. The number of hydrogen-bond acceptors (Lipinski definition) is 8. The van der Waals surface area contributed by atoms with Gasteiger partial charge in [0.05, 0.1) is 5.56 Å². The molecule has 1 aromatic carbocycles. The number of carbonyl (C=O) groups excluding carboxylic acids is 2. The third kappa shape index (κ3) is 3.49. The van der Waals surface area contributed by atoms with Crippen molar-refractivity contribution in [3.63, 3.8) is 0 Å². The summed E-state index contributed by atoms with van der Waals surface area (Å²) in [6.07, 6.45) is 0.818. The summed E-state index contributed by atoms with van der Waals surface area (Å²) >= 11 is 3.03. The number of aryl methyl sites for hydroxylation is 2. The number of ether oxygens (including phenoxy) is 2. The molecule has 1 aliphatic heterocycles. The predicted octanol–water partition coefficient (Wildman–Crippen LogP) is 4.32. The summed E-state index contributed by atoms with van der Waals surface area (Å²) in [5.41, 5.74) is 1.54. The molecule has 8 heteroatoms. The number of hydrogen-bond donors (Lipinski definition) is 0. The molecule has 2 unspecified atom stereocenters. The third-order valence-corrected chi connectivity index (χ3v) is 6.81. The van der Waals surface area contributed by atoms with Crippen LogP contribution < -0.4 is 0 Å². The van der Waals surface area contributed by atoms with E-state index in [-0.39, 0.29) is 6.10 Å². The zero-order valence-corrected chi connectivity index (χ0v) is 17.2. The van der Waals surface area contributed by atoms with E-state index in [1.807, 2.05) is 12.1 Å². The molecule has 0 saturated carbocycles. The summed E-state index contributed by atoms with van der Waals surface area (Å²) in [4.78, 5) is 36.1. The van der Waals surface area contributed by atoms with Gasteiger partial charge >= 0.3 is 11.9 Å². The fraction of sp³-hybridized carbons (Fsp3) is 0.300. The van der Waals surface area contributed by atoms with Gasteiger partial charge in [0.25, 0.3) is 0 Å². The monoisotopic (exact) mass is 414 g/mol. The number of rotatable bonds is 4. The minimum absolute atomic E-state index is 0.242. The maximum Gasteiger partial charge on any atom is 0.347 e. The average molecular weight is 415 g/mol. The zero-order valence-electron chi connectivity index (χ0n) is 15.6. The molecular formula is C20H18N2O4S2. The first kappa shape index (κ1) is 18.9. The van der Waals surface area contributed by atoms with Crippen molar-refractivity contribution in [2.75, 3.05) is 0 Å². The second-order valence-corrected chi connectivity index (χ2v) is 8.85. The van der Waals surface area contributed by atoms with Crippen LogP contribution in [0.3, 0.4) is 0 Å². The van der Waals surface area contributed by atoms with E-state index < -0.39 is 18.0 Å². The Balaban J connectivity index is 1.64. The van der Waals surface area contributed by atoms with Gasteiger partial charge in [-0.15, -0.1) is 11.3 Å². The zero-order chi connectivity index (χ0) is 19.8. The molecule has 3 aromatic rings. The summed E-state index contributed by atoms with van der Waals surface area (Å²) < 4.78 is 10.5. The van der Waals surface area contributed by atoms with E-state index in [9.17, 15) is 9.59 Å². The van der Waals surface area contributed by atoms with Crippen LogP contribution in [0.15, 0.2) is 40.5 Å². The maximum atomic E-state index is 12.7. The highest BCUT2D eigenvalue weighted by molar-refractivity contribution is 7.99. The standard InChI is InChI=1S/C20H18N2O4S2/c1-10-8-14(20(24)25-10)26-19(23)13-6-4-5-7-15(13)28-18-16-11(2)12(3)27-17(16)21-9-22-18/h4-7,9-10,14H,8H2,1-3H3. The molecule has 28 heavy (non-hydrogen) atoms. The van der Waals surface area contributed by atoms with Crippen molar-refractivity contribution in [2.24, 2.45) is 0 Å². The molecule has 2 atom stereocenters. The minimum atomic E-state index is -0.854. The van der Waals surface area contributed by atoms with Gasteiger partial charge in [0.2, 0.25) is 6.10 Å². The van der Waals surface area contributed by atoms with E-state index in [1.165, 1.54) is 23.0 Å². The van der Waals surface area contributed by atoms with E-state index >= 15 is 0 Å². The van der Waals surface area contributed by atoms with Gasteiger partial charge in [-0.1, -0.05) is 23.9 Å². The van der Waals surface area contributed by atoms with Crippen LogP contribution in [0.4, 0.5) is 0 Å². The minimum Gasteiger partial charge on any atom is -0.460 e. The van der Waals surface area contributed by atoms with Crippen LogP contribution >= 0.6 is 23.1 Å². The Morgan fingerprint density at radius 2 is 2.07 bits per heavy atom. The van der Waals surface area contributed by atoms with Gasteiger partial charge in [0.1, 0.15) is 22.3 Å². The van der Waals surface area contributed by atoms with E-state index in [2.05, 4.69) is 23.8 Å². The first-order valence-electron chi connectivity index (χ1n) is 8.83. The van der Waals surface area contributed by atoms with Crippen LogP contribution in [0.2, 0.25) is 0 Å². The smallest absolute Gasteiger partial charge is 0.347 e. The second-order valence-electron chi connectivity index (χ2n) is 6.62. The lowest BCUT2D eigenvalue weighted by molar-refractivity contribution is -0.147. The lowest BCUT2D eigenvalue weighted by atomic mass is 10.2. The number of thiophene rings is 1. The van der Waals surface area contributed by atoms with Gasteiger partial charge in [-0.25, -0.2) is 19.6 Å². The molecule has 0 N–H and O–H groups in total. The topological polar surface area (TPSA) is 78.4 Å². The van der Waals surface area contributed by atoms with Gasteiger partial charge in [0, 0.05) is 21.6 Å². The molecule has 0 amide bonds. The Morgan fingerprint density at radius 3 is 2.82 bits per heavy atom. The van der Waals surface area contributed by atoms with Crippen molar-refractivity contribution in [1.82, 2.24) is 9.97 Å². The molecule has 144 valence electrons. The quantitative estimate of drug-likeness (QED) is 0.465. The lowest BCUT2D eigenvalue weighted by Gasteiger charge is -2.11. The highest BCUT2D eigenvalue weighted by Gasteiger charge is 2.35. The van der Waals surface area contributed by atoms with E-state index in [1.54, 1.807) is 30.4 Å². The molecule has 6 nitrogen and oxygen atoms in total. The SMILES string of the molecule is Cc1sc2ncnc(Sc3ccccc3C(=O)OC3CC(C)OC3=O)c2c1C. The fourth-order valence-corrected chi connectivity index (χ4v) is 5.19. The molecule has 4 rings (SSSR count). The summed E-state index contributed by atoms with van der Waals surface area (Å²) in [6, 6.07) is 7.17. The second kappa shape index (κ2) is 7.52. The summed E-state index contributed by atoms with van der Waals surface area (Å²) in [5.74, 6) is -1.03. The summed E-state index contributed by atoms with van der Waals surface area (Å²) in [5, 5.41) is 1.80. The third-order valence-electron chi connectivity index (χ3n) is 4.62. The summed E-state index contributed by atoms with van der Waals surface area (Å²) in [7, 11) is 0. The highest BCUT2D eigenvalue weighted by atomic mass is 32.2. The van der Waals surface area contributed by atoms with Crippen molar-refractivity contribution in [1.29, 1.82) is 0 Å². The van der Waals surface area contributed by atoms with Gasteiger partial charge in [0.15, 0.2) is 0 Å². The molecule has 1 saturated heterocycles. The van der Waals surface area contributed by atoms with Crippen molar-refractivity contribution >= 4 is 45.3 Å². The molecule has 1 aliphatic rings. The van der Waals surface area contributed by atoms with Crippen molar-refractivity contribution in [3.05, 3.63) is 46.6 Å². The van der Waals surface area contributed by atoms with Gasteiger partial charge in [-0.05, 0) is 38.5 Å². The number of aromatic nitrogens is 2. The first-order chi connectivity index (χ1) is 13.4. The molecule has 0 bridgehead atoms. The molecule has 2 aromatic heterocycles. The number of benzene rings is 1. The number of cyclic esters (lactones) is 1. The average Bonchev–Trinajstić information content (AvgIpc) is 3.14. The van der Waals surface area contributed by atoms with Gasteiger partial charge < -0.3 is 9.47 Å². The molecule has 0 spiro atoms. The molecular weight excluding hydrogens is 396 g/mol. The Labute approximate surface area is 170 Å². The Morgan fingerprint density at radius 1 is 1.29 bits per heavy atom. The largest absolute Gasteiger partial charge is 0.460 e. The lowest BCUT2D eigenvalue weighted by Crippen LogP contribution is -2.23. The van der Waals surface area contributed by atoms with Gasteiger partial charge in [-0.3, -0.25) is 0 Å². The molecule has 1 fully saturated rings. The van der Waals surface area contributed by atoms with Crippen LogP contribution in [0.25, 0.3) is 10.2 Å². The van der Waals surface area contributed by atoms with E-state index in [0.717, 1.165) is 25.7 Å². The molecule has 3 heterocycles. The predicted molar refractivity (Wildman–Crippen MR) is 107 cm³/mol. The Bertz CT molecular complexity index is 1080. The number of nitrogens with zero attached hydrogens (tertiary/aromatic N) is 2. The first-order valence-corrected chi connectivity index (χ1v) is 10.5. The summed E-state index contributed by atoms with van der Waals surface area (Å²) in [6.45, 7) is 5.89. The Hall–Kier alpha value is -2.45.